The minimum Gasteiger partial charge on any atom is -0.490 e. The fraction of sp³-hybridized carbons (Fsp3) is 0.364. The number of piperidine rings is 1. The van der Waals surface area contributed by atoms with Gasteiger partial charge in [-0.3, -0.25) is 4.79 Å². The van der Waals surface area contributed by atoms with Crippen LogP contribution in [0.5, 0.6) is 5.75 Å². The lowest BCUT2D eigenvalue weighted by molar-refractivity contribution is -0.139. The van der Waals surface area contributed by atoms with Crippen molar-refractivity contribution in [3.8, 4) is 5.75 Å². The number of carboxylic acid groups (broad SMARTS) is 1. The second kappa shape index (κ2) is 10.7. The summed E-state index contributed by atoms with van der Waals surface area (Å²) < 4.78 is 30.6. The molecule has 2 aromatic rings. The number of amides is 1. The van der Waals surface area contributed by atoms with Gasteiger partial charge in [-0.1, -0.05) is 41.4 Å². The lowest BCUT2D eigenvalue weighted by Gasteiger charge is -2.30. The highest BCUT2D eigenvalue weighted by Crippen LogP contribution is 2.25. The Labute approximate surface area is 202 Å². The molecule has 0 aromatic heterocycles. The van der Waals surface area contributed by atoms with E-state index in [1.54, 1.807) is 30.3 Å². The van der Waals surface area contributed by atoms with Crippen molar-refractivity contribution < 1.29 is 27.9 Å². The van der Waals surface area contributed by atoms with E-state index in [0.29, 0.717) is 37.2 Å². The second-order valence-corrected chi connectivity index (χ2v) is 10.6. The molecule has 1 aliphatic rings. The molecule has 33 heavy (non-hydrogen) atoms. The molecule has 8 nitrogen and oxygen atoms in total. The number of nitrogens with one attached hydrogen (secondary N) is 1. The summed E-state index contributed by atoms with van der Waals surface area (Å²) in [6.45, 7) is 0.827. The molecule has 0 spiro atoms. The van der Waals surface area contributed by atoms with Gasteiger partial charge in [-0.15, -0.1) is 0 Å². The minimum absolute atomic E-state index is 0.0257. The van der Waals surface area contributed by atoms with E-state index in [0.717, 1.165) is 0 Å². The SMILES string of the molecule is CS(=O)(=O)N1CCC(Oc2ccc(C[C@H](NC(=O)c3c(Cl)cccc3Cl)C(=O)O)cc2)CC1. The van der Waals surface area contributed by atoms with E-state index in [2.05, 4.69) is 5.32 Å². The van der Waals surface area contributed by atoms with Crippen LogP contribution >= 0.6 is 23.2 Å². The first-order valence-corrected chi connectivity index (χ1v) is 12.8. The third-order valence-corrected chi connectivity index (χ3v) is 7.26. The number of benzene rings is 2. The van der Waals surface area contributed by atoms with Gasteiger partial charge in [0.05, 0.1) is 21.9 Å². The summed E-state index contributed by atoms with van der Waals surface area (Å²) in [5.41, 5.74) is 0.713. The zero-order chi connectivity index (χ0) is 24.2. The summed E-state index contributed by atoms with van der Waals surface area (Å²) in [4.78, 5) is 24.3. The van der Waals surface area contributed by atoms with Crippen LogP contribution in [0.3, 0.4) is 0 Å². The zero-order valence-corrected chi connectivity index (χ0v) is 20.2. The maximum absolute atomic E-state index is 12.5. The molecule has 0 unspecified atom stereocenters. The molecule has 1 fully saturated rings. The first-order valence-electron chi connectivity index (χ1n) is 10.2. The van der Waals surface area contributed by atoms with Gasteiger partial charge in [-0.05, 0) is 42.7 Å². The number of carbonyl (C=O) groups excluding carboxylic acids is 1. The molecule has 3 rings (SSSR count). The van der Waals surface area contributed by atoms with Gasteiger partial charge >= 0.3 is 5.97 Å². The Morgan fingerprint density at radius 3 is 2.21 bits per heavy atom. The predicted molar refractivity (Wildman–Crippen MR) is 126 cm³/mol. The average Bonchev–Trinajstić information content (AvgIpc) is 2.74. The summed E-state index contributed by atoms with van der Waals surface area (Å²) in [6.07, 6.45) is 2.33. The van der Waals surface area contributed by atoms with Crippen molar-refractivity contribution in [1.29, 1.82) is 0 Å². The van der Waals surface area contributed by atoms with Gasteiger partial charge in [0.15, 0.2) is 0 Å². The van der Waals surface area contributed by atoms with E-state index in [-0.39, 0.29) is 28.1 Å². The maximum atomic E-state index is 12.5. The molecule has 0 bridgehead atoms. The molecular formula is C22H24Cl2N2O6S. The van der Waals surface area contributed by atoms with Gasteiger partial charge < -0.3 is 15.2 Å². The van der Waals surface area contributed by atoms with Gasteiger partial charge in [0.25, 0.3) is 5.91 Å². The third-order valence-electron chi connectivity index (χ3n) is 5.33. The van der Waals surface area contributed by atoms with E-state index in [9.17, 15) is 23.1 Å². The van der Waals surface area contributed by atoms with Crippen molar-refractivity contribution in [1.82, 2.24) is 9.62 Å². The standard InChI is InChI=1S/C22H24Cl2N2O6S/c1-33(30,31)26-11-9-16(10-12-26)32-15-7-5-14(6-8-15)13-19(22(28)29)25-21(27)20-17(23)3-2-4-18(20)24/h2-8,16,19H,9-13H2,1H3,(H,25,27)(H,28,29)/t19-/m0/s1. The van der Waals surface area contributed by atoms with Crippen LogP contribution in [-0.2, 0) is 21.2 Å². The Balaban J connectivity index is 1.59. The van der Waals surface area contributed by atoms with Crippen LogP contribution in [0.15, 0.2) is 42.5 Å². The van der Waals surface area contributed by atoms with Gasteiger partial charge in [-0.2, -0.15) is 0 Å². The molecule has 1 heterocycles. The summed E-state index contributed by atoms with van der Waals surface area (Å²) in [7, 11) is -3.19. The van der Waals surface area contributed by atoms with Gasteiger partial charge in [0.1, 0.15) is 17.9 Å². The summed E-state index contributed by atoms with van der Waals surface area (Å²) in [5.74, 6) is -1.25. The number of carbonyl (C=O) groups is 2. The highest BCUT2D eigenvalue weighted by molar-refractivity contribution is 7.88. The van der Waals surface area contributed by atoms with Crippen molar-refractivity contribution in [2.45, 2.75) is 31.4 Å². The number of hydrogen-bond donors (Lipinski definition) is 2. The number of ether oxygens (including phenoxy) is 1. The number of carboxylic acids is 1. The predicted octanol–water partition coefficient (Wildman–Crippen LogP) is 3.22. The fourth-order valence-electron chi connectivity index (χ4n) is 3.56. The topological polar surface area (TPSA) is 113 Å². The van der Waals surface area contributed by atoms with Gasteiger partial charge in [0, 0.05) is 19.5 Å². The normalized spacial score (nSPS) is 16.2. The van der Waals surface area contributed by atoms with Crippen molar-refractivity contribution >= 4 is 45.1 Å². The first-order chi connectivity index (χ1) is 15.5. The smallest absolute Gasteiger partial charge is 0.326 e. The lowest BCUT2D eigenvalue weighted by atomic mass is 10.0. The van der Waals surface area contributed by atoms with E-state index in [4.69, 9.17) is 27.9 Å². The second-order valence-electron chi connectivity index (χ2n) is 7.79. The highest BCUT2D eigenvalue weighted by Gasteiger charge is 2.26. The van der Waals surface area contributed by atoms with Crippen molar-refractivity contribution in [3.05, 3.63) is 63.6 Å². The molecule has 1 atom stereocenters. The fourth-order valence-corrected chi connectivity index (χ4v) is 5.00. The molecule has 0 aliphatic carbocycles. The molecule has 0 saturated carbocycles. The molecule has 0 radical (unpaired) electrons. The number of aliphatic carboxylic acids is 1. The van der Waals surface area contributed by atoms with Gasteiger partial charge in [-0.25, -0.2) is 17.5 Å². The van der Waals surface area contributed by atoms with E-state index >= 15 is 0 Å². The van der Waals surface area contributed by atoms with Crippen LogP contribution in [0.2, 0.25) is 10.0 Å². The van der Waals surface area contributed by atoms with Crippen LogP contribution < -0.4 is 10.1 Å². The first kappa shape index (κ1) is 25.3. The van der Waals surface area contributed by atoms with Crippen molar-refractivity contribution in [2.24, 2.45) is 0 Å². The molecule has 178 valence electrons. The van der Waals surface area contributed by atoms with E-state index < -0.39 is 27.9 Å². The van der Waals surface area contributed by atoms with Crippen molar-refractivity contribution in [2.75, 3.05) is 19.3 Å². The molecule has 2 N–H and O–H groups in total. The Morgan fingerprint density at radius 2 is 1.70 bits per heavy atom. The quantitative estimate of drug-likeness (QED) is 0.559. The van der Waals surface area contributed by atoms with Crippen LogP contribution in [0.1, 0.15) is 28.8 Å². The van der Waals surface area contributed by atoms with Crippen LogP contribution in [-0.4, -0.2) is 61.2 Å². The highest BCUT2D eigenvalue weighted by atomic mass is 35.5. The molecule has 1 aliphatic heterocycles. The maximum Gasteiger partial charge on any atom is 0.326 e. The number of rotatable bonds is 8. The van der Waals surface area contributed by atoms with Crippen LogP contribution in [0.4, 0.5) is 0 Å². The number of halogens is 2. The summed E-state index contributed by atoms with van der Waals surface area (Å²) in [5, 5.41) is 12.3. The molecule has 1 amide bonds. The Morgan fingerprint density at radius 1 is 1.12 bits per heavy atom. The molecule has 2 aromatic carbocycles. The average molecular weight is 515 g/mol. The lowest BCUT2D eigenvalue weighted by Crippen LogP contribution is -2.42. The largest absolute Gasteiger partial charge is 0.490 e. The summed E-state index contributed by atoms with van der Waals surface area (Å²) in [6, 6.07) is 10.3. The van der Waals surface area contributed by atoms with Crippen LogP contribution in [0, 0.1) is 0 Å². The number of nitrogens with zero attached hydrogens (tertiary/aromatic N) is 1. The molecule has 1 saturated heterocycles. The Hall–Kier alpha value is -2.33. The monoisotopic (exact) mass is 514 g/mol. The minimum atomic E-state index is -3.19. The summed E-state index contributed by atoms with van der Waals surface area (Å²) >= 11 is 12.1. The third kappa shape index (κ3) is 6.83. The Bertz CT molecular complexity index is 1100. The van der Waals surface area contributed by atoms with E-state index in [1.807, 2.05) is 0 Å². The molecule has 11 heteroatoms. The van der Waals surface area contributed by atoms with Crippen molar-refractivity contribution in [3.63, 3.8) is 0 Å². The number of hydrogen-bond acceptors (Lipinski definition) is 5. The Kier molecular flexibility index (Phi) is 8.23. The number of sulfonamides is 1. The van der Waals surface area contributed by atoms with Gasteiger partial charge in [0.2, 0.25) is 10.0 Å². The van der Waals surface area contributed by atoms with Crippen LogP contribution in [0.25, 0.3) is 0 Å². The zero-order valence-electron chi connectivity index (χ0n) is 17.8. The van der Waals surface area contributed by atoms with E-state index in [1.165, 1.54) is 22.7 Å². The molecular weight excluding hydrogens is 491 g/mol.